The number of aliphatic hydroxyl groups excluding tert-OH is 1. The molecule has 3 aromatic rings. The van der Waals surface area contributed by atoms with Gasteiger partial charge in [0.1, 0.15) is 24.6 Å². The SMILES string of the molecule is CC(=O)OC1OC(c2ccc(C)c(Cc3ccc(OCc4ccccc4)cc3)c2)C(OC(C)=O)C(O)C1OC(C)=O. The number of aliphatic hydroxyl groups is 1. The van der Waals surface area contributed by atoms with Crippen LogP contribution in [0.4, 0.5) is 0 Å². The van der Waals surface area contributed by atoms with Crippen molar-refractivity contribution in [2.75, 3.05) is 0 Å². The molecule has 1 aliphatic rings. The number of rotatable bonds is 9. The van der Waals surface area contributed by atoms with Crippen LogP contribution in [0.25, 0.3) is 0 Å². The molecule has 3 aromatic carbocycles. The highest BCUT2D eigenvalue weighted by molar-refractivity contribution is 5.68. The molecule has 0 spiro atoms. The number of esters is 3. The second-order valence-electron chi connectivity index (χ2n) is 9.95. The highest BCUT2D eigenvalue weighted by Crippen LogP contribution is 2.37. The van der Waals surface area contributed by atoms with Crippen molar-refractivity contribution in [2.24, 2.45) is 0 Å². The van der Waals surface area contributed by atoms with Gasteiger partial charge in [-0.15, -0.1) is 0 Å². The van der Waals surface area contributed by atoms with Crippen LogP contribution in [0.2, 0.25) is 0 Å². The molecule has 1 N–H and O–H groups in total. The van der Waals surface area contributed by atoms with Crippen LogP contribution < -0.4 is 4.74 Å². The van der Waals surface area contributed by atoms with Gasteiger partial charge < -0.3 is 28.8 Å². The standard InChI is InChI=1S/C32H34O9/c1-19-10-13-25(17-26(19)16-23-11-14-27(15-12-23)37-18-24-8-6-5-7-9-24)29-30(38-20(2)33)28(36)31(39-21(3)34)32(41-29)40-22(4)35/h5-15,17,28-32,36H,16,18H2,1-4H3. The molecule has 9 heteroatoms. The molecule has 41 heavy (non-hydrogen) atoms. The molecule has 5 unspecified atom stereocenters. The summed E-state index contributed by atoms with van der Waals surface area (Å²) in [5, 5.41) is 11.1. The molecule has 216 valence electrons. The average Bonchev–Trinajstić information content (AvgIpc) is 2.93. The molecule has 1 aliphatic heterocycles. The van der Waals surface area contributed by atoms with Gasteiger partial charge in [0.25, 0.3) is 0 Å². The first-order valence-corrected chi connectivity index (χ1v) is 13.3. The van der Waals surface area contributed by atoms with Crippen LogP contribution in [0.15, 0.2) is 72.8 Å². The quantitative estimate of drug-likeness (QED) is 0.300. The number of carbonyl (C=O) groups is 3. The molecule has 1 heterocycles. The Labute approximate surface area is 238 Å². The van der Waals surface area contributed by atoms with Crippen LogP contribution in [0.3, 0.4) is 0 Å². The molecular weight excluding hydrogens is 528 g/mol. The first kappa shape index (κ1) is 29.8. The van der Waals surface area contributed by atoms with Crippen LogP contribution in [0.1, 0.15) is 54.7 Å². The third-order valence-corrected chi connectivity index (χ3v) is 6.67. The van der Waals surface area contributed by atoms with Crippen molar-refractivity contribution in [3.05, 3.63) is 101 Å². The summed E-state index contributed by atoms with van der Waals surface area (Å²) >= 11 is 0. The van der Waals surface area contributed by atoms with Crippen LogP contribution in [0.5, 0.6) is 5.75 Å². The summed E-state index contributed by atoms with van der Waals surface area (Å²) in [6.07, 6.45) is -5.94. The van der Waals surface area contributed by atoms with Gasteiger partial charge >= 0.3 is 17.9 Å². The van der Waals surface area contributed by atoms with Crippen LogP contribution in [-0.4, -0.2) is 47.6 Å². The molecule has 1 saturated heterocycles. The lowest BCUT2D eigenvalue weighted by molar-refractivity contribution is -0.296. The van der Waals surface area contributed by atoms with E-state index >= 15 is 0 Å². The minimum Gasteiger partial charge on any atom is -0.489 e. The van der Waals surface area contributed by atoms with Crippen molar-refractivity contribution in [1.29, 1.82) is 0 Å². The van der Waals surface area contributed by atoms with Crippen molar-refractivity contribution in [3.8, 4) is 5.75 Å². The zero-order valence-corrected chi connectivity index (χ0v) is 23.4. The minimum atomic E-state index is -1.51. The Bertz CT molecular complexity index is 1350. The van der Waals surface area contributed by atoms with E-state index in [9.17, 15) is 19.5 Å². The third-order valence-electron chi connectivity index (χ3n) is 6.67. The largest absolute Gasteiger partial charge is 0.489 e. The maximum absolute atomic E-state index is 11.9. The number of hydrogen-bond acceptors (Lipinski definition) is 9. The summed E-state index contributed by atoms with van der Waals surface area (Å²) in [7, 11) is 0. The number of hydrogen-bond donors (Lipinski definition) is 1. The summed E-state index contributed by atoms with van der Waals surface area (Å²) in [6.45, 7) is 5.99. The van der Waals surface area contributed by atoms with Crippen molar-refractivity contribution in [1.82, 2.24) is 0 Å². The number of carbonyl (C=O) groups excluding carboxylic acids is 3. The number of benzene rings is 3. The highest BCUT2D eigenvalue weighted by atomic mass is 16.7. The van der Waals surface area contributed by atoms with Gasteiger partial charge in [0.2, 0.25) is 6.29 Å². The number of aryl methyl sites for hydroxylation is 1. The van der Waals surface area contributed by atoms with E-state index in [2.05, 4.69) is 0 Å². The Morgan fingerprint density at radius 3 is 2.05 bits per heavy atom. The fraction of sp³-hybridized carbons (Fsp3) is 0.344. The molecule has 0 bridgehead atoms. The van der Waals surface area contributed by atoms with E-state index in [4.69, 9.17) is 23.7 Å². The third kappa shape index (κ3) is 7.93. The predicted octanol–water partition coefficient (Wildman–Crippen LogP) is 4.35. The second kappa shape index (κ2) is 13.4. The van der Waals surface area contributed by atoms with E-state index in [1.54, 1.807) is 6.07 Å². The van der Waals surface area contributed by atoms with Crippen molar-refractivity contribution in [3.63, 3.8) is 0 Å². The average molecular weight is 563 g/mol. The zero-order chi connectivity index (χ0) is 29.5. The van der Waals surface area contributed by atoms with Gasteiger partial charge in [-0.2, -0.15) is 0 Å². The van der Waals surface area contributed by atoms with E-state index in [1.807, 2.05) is 73.7 Å². The molecule has 0 radical (unpaired) electrons. The molecule has 0 aliphatic carbocycles. The Morgan fingerprint density at radius 1 is 0.780 bits per heavy atom. The van der Waals surface area contributed by atoms with Gasteiger partial charge in [-0.05, 0) is 53.3 Å². The lowest BCUT2D eigenvalue weighted by atomic mass is 9.90. The van der Waals surface area contributed by atoms with Crippen LogP contribution >= 0.6 is 0 Å². The summed E-state index contributed by atoms with van der Waals surface area (Å²) in [5.74, 6) is -1.30. The maximum atomic E-state index is 11.9. The monoisotopic (exact) mass is 562 g/mol. The minimum absolute atomic E-state index is 0.477. The van der Waals surface area contributed by atoms with Crippen molar-refractivity contribution >= 4 is 17.9 Å². The molecular formula is C32H34O9. The predicted molar refractivity (Wildman–Crippen MR) is 148 cm³/mol. The van der Waals surface area contributed by atoms with Crippen molar-refractivity contribution < 1.29 is 43.2 Å². The fourth-order valence-electron chi connectivity index (χ4n) is 4.72. The van der Waals surface area contributed by atoms with Gasteiger partial charge in [0.15, 0.2) is 12.2 Å². The molecule has 0 amide bonds. The number of ether oxygens (including phenoxy) is 5. The van der Waals surface area contributed by atoms with E-state index in [0.29, 0.717) is 18.6 Å². The Kier molecular flexibility index (Phi) is 9.75. The Balaban J connectivity index is 1.55. The smallest absolute Gasteiger partial charge is 0.305 e. The second-order valence-corrected chi connectivity index (χ2v) is 9.95. The van der Waals surface area contributed by atoms with Gasteiger partial charge in [-0.3, -0.25) is 14.4 Å². The lowest BCUT2D eigenvalue weighted by Crippen LogP contribution is -2.58. The van der Waals surface area contributed by atoms with Crippen LogP contribution in [0, 0.1) is 6.92 Å². The first-order valence-electron chi connectivity index (χ1n) is 13.3. The van der Waals surface area contributed by atoms with E-state index in [-0.39, 0.29) is 0 Å². The Morgan fingerprint density at radius 2 is 1.41 bits per heavy atom. The summed E-state index contributed by atoms with van der Waals surface area (Å²) < 4.78 is 27.8. The fourth-order valence-corrected chi connectivity index (χ4v) is 4.72. The zero-order valence-electron chi connectivity index (χ0n) is 23.4. The summed E-state index contributed by atoms with van der Waals surface area (Å²) in [6, 6.07) is 23.4. The molecule has 5 atom stereocenters. The van der Waals surface area contributed by atoms with Gasteiger partial charge in [0.05, 0.1) is 0 Å². The lowest BCUT2D eigenvalue weighted by Gasteiger charge is -2.42. The molecule has 9 nitrogen and oxygen atoms in total. The topological polar surface area (TPSA) is 118 Å². The summed E-state index contributed by atoms with van der Waals surface area (Å²) in [5.41, 5.74) is 4.73. The normalized spacial score (nSPS) is 21.9. The van der Waals surface area contributed by atoms with Gasteiger partial charge in [0, 0.05) is 20.8 Å². The van der Waals surface area contributed by atoms with E-state index in [1.165, 1.54) is 13.8 Å². The molecule has 1 fully saturated rings. The van der Waals surface area contributed by atoms with E-state index in [0.717, 1.165) is 34.9 Å². The van der Waals surface area contributed by atoms with Gasteiger partial charge in [-0.1, -0.05) is 60.7 Å². The van der Waals surface area contributed by atoms with Crippen molar-refractivity contribution in [2.45, 2.75) is 71.4 Å². The van der Waals surface area contributed by atoms with E-state index < -0.39 is 48.6 Å². The molecule has 4 rings (SSSR count). The first-order chi connectivity index (χ1) is 19.6. The highest BCUT2D eigenvalue weighted by Gasteiger charge is 2.51. The molecule has 0 saturated carbocycles. The Hall–Kier alpha value is -4.21. The molecule has 0 aromatic heterocycles. The van der Waals surface area contributed by atoms with Crippen LogP contribution in [-0.2, 0) is 46.4 Å². The maximum Gasteiger partial charge on any atom is 0.305 e. The summed E-state index contributed by atoms with van der Waals surface area (Å²) in [4.78, 5) is 35.4. The van der Waals surface area contributed by atoms with Gasteiger partial charge in [-0.25, -0.2) is 0 Å².